The Morgan fingerprint density at radius 1 is 0.941 bits per heavy atom. The van der Waals surface area contributed by atoms with E-state index >= 15 is 0 Å². The van der Waals surface area contributed by atoms with E-state index in [0.29, 0.717) is 11.0 Å². The van der Waals surface area contributed by atoms with Crippen LogP contribution in [0.4, 0.5) is 5.69 Å². The first-order valence-electron chi connectivity index (χ1n) is 11.7. The number of rotatable bonds is 5. The average Bonchev–Trinajstić information content (AvgIpc) is 3.35. The summed E-state index contributed by atoms with van der Waals surface area (Å²) in [7, 11) is 0. The molecule has 0 amide bonds. The van der Waals surface area contributed by atoms with E-state index in [1.807, 2.05) is 30.6 Å². The van der Waals surface area contributed by atoms with E-state index in [-0.39, 0.29) is 12.1 Å². The summed E-state index contributed by atoms with van der Waals surface area (Å²) >= 11 is 5.91. The zero-order valence-electron chi connectivity index (χ0n) is 19.9. The number of nitrogens with zero attached hydrogens (tertiary/aromatic N) is 4. The summed E-state index contributed by atoms with van der Waals surface area (Å²) in [5, 5.41) is 4.29. The van der Waals surface area contributed by atoms with Crippen molar-refractivity contribution in [3.8, 4) is 5.69 Å². The van der Waals surface area contributed by atoms with E-state index in [1.165, 1.54) is 16.8 Å². The van der Waals surface area contributed by atoms with E-state index in [9.17, 15) is 0 Å². The van der Waals surface area contributed by atoms with Gasteiger partial charge in [0.15, 0.2) is 5.11 Å². The molecule has 4 heterocycles. The number of anilines is 1. The van der Waals surface area contributed by atoms with Gasteiger partial charge in [0.2, 0.25) is 0 Å². The average molecular weight is 468 g/mol. The van der Waals surface area contributed by atoms with Gasteiger partial charge in [-0.3, -0.25) is 9.97 Å². The van der Waals surface area contributed by atoms with Crippen LogP contribution < -0.4 is 10.2 Å². The molecule has 1 aliphatic heterocycles. The number of hydrogen-bond donors (Lipinski definition) is 1. The van der Waals surface area contributed by atoms with Crippen LogP contribution >= 0.6 is 12.2 Å². The molecule has 0 spiro atoms. The topological polar surface area (TPSA) is 46.0 Å². The molecular formula is C28H29N5S. The third kappa shape index (κ3) is 3.88. The molecule has 5 rings (SSSR count). The molecule has 1 aliphatic rings. The number of pyridine rings is 2. The van der Waals surface area contributed by atoms with Gasteiger partial charge in [-0.2, -0.15) is 0 Å². The van der Waals surface area contributed by atoms with Crippen LogP contribution in [-0.4, -0.2) is 19.6 Å². The summed E-state index contributed by atoms with van der Waals surface area (Å²) in [4.78, 5) is 11.3. The molecule has 0 aliphatic carbocycles. The molecule has 3 aromatic heterocycles. The van der Waals surface area contributed by atoms with Gasteiger partial charge in [0.05, 0.1) is 29.7 Å². The molecule has 1 saturated heterocycles. The van der Waals surface area contributed by atoms with Gasteiger partial charge in [0.25, 0.3) is 0 Å². The van der Waals surface area contributed by atoms with Gasteiger partial charge < -0.3 is 14.8 Å². The van der Waals surface area contributed by atoms with Crippen LogP contribution in [0.1, 0.15) is 60.1 Å². The van der Waals surface area contributed by atoms with E-state index < -0.39 is 0 Å². The lowest BCUT2D eigenvalue weighted by atomic mass is 9.96. The van der Waals surface area contributed by atoms with Crippen molar-refractivity contribution in [1.29, 1.82) is 0 Å². The molecular weight excluding hydrogens is 438 g/mol. The maximum absolute atomic E-state index is 5.91. The maximum Gasteiger partial charge on any atom is 0.174 e. The quantitative estimate of drug-likeness (QED) is 0.355. The Morgan fingerprint density at radius 2 is 1.74 bits per heavy atom. The molecule has 5 nitrogen and oxygen atoms in total. The third-order valence-corrected chi connectivity index (χ3v) is 6.94. The molecule has 6 heteroatoms. The molecule has 2 unspecified atom stereocenters. The molecule has 1 N–H and O–H groups in total. The summed E-state index contributed by atoms with van der Waals surface area (Å²) in [5.74, 6) is 0.480. The Bertz CT molecular complexity index is 1300. The lowest BCUT2D eigenvalue weighted by molar-refractivity contribution is 0.565. The monoisotopic (exact) mass is 467 g/mol. The summed E-state index contributed by atoms with van der Waals surface area (Å²) in [6.45, 7) is 8.74. The SMILES string of the molecule is Cc1cc(C2C(c3ccccn3)NC(=S)N2c2ccc(C(C)C)cc2)c(C)n1-c1cccnc1. The highest BCUT2D eigenvalue weighted by Gasteiger charge is 2.42. The Balaban J connectivity index is 1.65. The Morgan fingerprint density at radius 3 is 2.38 bits per heavy atom. The minimum atomic E-state index is -0.0682. The maximum atomic E-state index is 5.91. The summed E-state index contributed by atoms with van der Waals surface area (Å²) in [6.07, 6.45) is 5.55. The molecule has 172 valence electrons. The van der Waals surface area contributed by atoms with Crippen LogP contribution in [0, 0.1) is 13.8 Å². The highest BCUT2D eigenvalue weighted by atomic mass is 32.1. The summed E-state index contributed by atoms with van der Waals surface area (Å²) < 4.78 is 2.26. The zero-order chi connectivity index (χ0) is 23.8. The van der Waals surface area contributed by atoms with Crippen LogP contribution in [0.25, 0.3) is 5.69 Å². The van der Waals surface area contributed by atoms with Gasteiger partial charge in [-0.15, -0.1) is 0 Å². The van der Waals surface area contributed by atoms with Crippen LogP contribution in [-0.2, 0) is 0 Å². The minimum absolute atomic E-state index is 0.0380. The Labute approximate surface area is 206 Å². The second-order valence-corrected chi connectivity index (χ2v) is 9.50. The van der Waals surface area contributed by atoms with Crippen molar-refractivity contribution in [3.63, 3.8) is 0 Å². The fraction of sp³-hybridized carbons (Fsp3) is 0.250. The molecule has 4 aromatic rings. The van der Waals surface area contributed by atoms with Gasteiger partial charge in [-0.1, -0.05) is 32.0 Å². The van der Waals surface area contributed by atoms with Crippen LogP contribution in [0.3, 0.4) is 0 Å². The standard InChI is InChI=1S/C28H29N5S/c1-18(2)21-10-12-22(13-11-21)33-27(26(31-28(33)34)25-9-5-6-15-30-25)24-16-19(3)32(20(24)4)23-8-7-14-29-17-23/h5-18,26-27H,1-4H3,(H,31,34). The van der Waals surface area contributed by atoms with Crippen molar-refractivity contribution in [2.24, 2.45) is 0 Å². The van der Waals surface area contributed by atoms with Crippen LogP contribution in [0.5, 0.6) is 0 Å². The highest BCUT2D eigenvalue weighted by molar-refractivity contribution is 7.80. The predicted octanol–water partition coefficient (Wildman–Crippen LogP) is 6.18. The second kappa shape index (κ2) is 9.03. The van der Waals surface area contributed by atoms with E-state index in [4.69, 9.17) is 12.2 Å². The number of nitrogens with one attached hydrogen (secondary N) is 1. The first-order chi connectivity index (χ1) is 16.5. The van der Waals surface area contributed by atoms with Gasteiger partial charge in [0, 0.05) is 29.5 Å². The molecule has 34 heavy (non-hydrogen) atoms. The Kier molecular flexibility index (Phi) is 5.92. The first-order valence-corrected chi connectivity index (χ1v) is 12.1. The molecule has 0 radical (unpaired) electrons. The number of aromatic nitrogens is 3. The normalized spacial score (nSPS) is 17.9. The van der Waals surface area contributed by atoms with Gasteiger partial charge in [0.1, 0.15) is 0 Å². The van der Waals surface area contributed by atoms with Crippen molar-refractivity contribution in [2.45, 2.75) is 45.7 Å². The lowest BCUT2D eigenvalue weighted by Gasteiger charge is -2.28. The summed E-state index contributed by atoms with van der Waals surface area (Å²) in [5.41, 5.74) is 7.98. The molecule has 1 fully saturated rings. The van der Waals surface area contributed by atoms with Gasteiger partial charge in [-0.25, -0.2) is 0 Å². The van der Waals surface area contributed by atoms with Crippen LogP contribution in [0.2, 0.25) is 0 Å². The van der Waals surface area contributed by atoms with Crippen molar-refractivity contribution in [2.75, 3.05) is 4.90 Å². The number of benzene rings is 1. The smallest absolute Gasteiger partial charge is 0.174 e. The summed E-state index contributed by atoms with van der Waals surface area (Å²) in [6, 6.07) is 21.0. The van der Waals surface area contributed by atoms with E-state index in [1.54, 1.807) is 6.20 Å². The van der Waals surface area contributed by atoms with Crippen LogP contribution in [0.15, 0.2) is 79.3 Å². The molecule has 0 saturated carbocycles. The minimum Gasteiger partial charge on any atom is -0.351 e. The number of aryl methyl sites for hydroxylation is 1. The fourth-order valence-corrected chi connectivity index (χ4v) is 5.29. The third-order valence-electron chi connectivity index (χ3n) is 6.63. The number of hydrogen-bond acceptors (Lipinski definition) is 3. The van der Waals surface area contributed by atoms with Crippen molar-refractivity contribution < 1.29 is 0 Å². The van der Waals surface area contributed by atoms with Gasteiger partial charge in [-0.05, 0) is 85.6 Å². The highest BCUT2D eigenvalue weighted by Crippen LogP contribution is 2.43. The Hall–Kier alpha value is -3.51. The first kappa shape index (κ1) is 22.3. The van der Waals surface area contributed by atoms with Crippen molar-refractivity contribution in [1.82, 2.24) is 19.9 Å². The fourth-order valence-electron chi connectivity index (χ4n) is 4.94. The van der Waals surface area contributed by atoms with Gasteiger partial charge >= 0.3 is 0 Å². The second-order valence-electron chi connectivity index (χ2n) is 9.12. The van der Waals surface area contributed by atoms with E-state index in [2.05, 4.69) is 94.9 Å². The zero-order valence-corrected chi connectivity index (χ0v) is 20.8. The molecule has 2 atom stereocenters. The lowest BCUT2D eigenvalue weighted by Crippen LogP contribution is -2.29. The molecule has 1 aromatic carbocycles. The number of thiocarbonyl (C=S) groups is 1. The predicted molar refractivity (Wildman–Crippen MR) is 142 cm³/mol. The van der Waals surface area contributed by atoms with Crippen molar-refractivity contribution in [3.05, 3.63) is 107 Å². The van der Waals surface area contributed by atoms with Crippen molar-refractivity contribution >= 4 is 23.0 Å². The largest absolute Gasteiger partial charge is 0.351 e. The van der Waals surface area contributed by atoms with E-state index in [0.717, 1.165) is 22.8 Å². The molecule has 0 bridgehead atoms.